The van der Waals surface area contributed by atoms with E-state index < -0.39 is 11.6 Å². The fourth-order valence-corrected chi connectivity index (χ4v) is 3.27. The molecule has 104 valence electrons. The van der Waals surface area contributed by atoms with Gasteiger partial charge in [-0.2, -0.15) is 0 Å². The van der Waals surface area contributed by atoms with Crippen LogP contribution in [0.3, 0.4) is 0 Å². The summed E-state index contributed by atoms with van der Waals surface area (Å²) in [6.07, 6.45) is 4.35. The highest BCUT2D eigenvalue weighted by molar-refractivity contribution is 4.92. The van der Waals surface area contributed by atoms with Gasteiger partial charge in [0.2, 0.25) is 0 Å². The lowest BCUT2D eigenvalue weighted by molar-refractivity contribution is -0.300. The predicted octanol–water partition coefficient (Wildman–Crippen LogP) is 2.46. The fourth-order valence-electron chi connectivity index (χ4n) is 3.27. The van der Waals surface area contributed by atoms with Crippen LogP contribution >= 0.6 is 0 Å². The second-order valence-corrected chi connectivity index (χ2v) is 6.26. The van der Waals surface area contributed by atoms with Crippen molar-refractivity contribution >= 4 is 0 Å². The van der Waals surface area contributed by atoms with Gasteiger partial charge in [0.25, 0.3) is 0 Å². The molecule has 0 N–H and O–H groups in total. The highest BCUT2D eigenvalue weighted by Gasteiger charge is 2.52. The Kier molecular flexibility index (Phi) is 3.17. The first kappa shape index (κ1) is 12.9. The molecule has 0 amide bonds. The molecule has 3 rings (SSSR count). The molecule has 3 aliphatic rings. The summed E-state index contributed by atoms with van der Waals surface area (Å²) < 4.78 is 23.8. The van der Waals surface area contributed by atoms with Crippen LogP contribution in [0.1, 0.15) is 46.5 Å². The molecule has 0 saturated carbocycles. The second kappa shape index (κ2) is 4.44. The van der Waals surface area contributed by atoms with Gasteiger partial charge < -0.3 is 18.9 Å². The predicted molar refractivity (Wildman–Crippen MR) is 66.1 cm³/mol. The Morgan fingerprint density at radius 3 is 2.44 bits per heavy atom. The normalized spacial score (nSPS) is 47.2. The Balaban J connectivity index is 1.64. The summed E-state index contributed by atoms with van der Waals surface area (Å²) in [6, 6.07) is 0. The summed E-state index contributed by atoms with van der Waals surface area (Å²) in [6.45, 7) is 7.56. The SMILES string of the molecule is CC[C@@H]1CC[C@@]2(C[C@@H]3OC(C)(C)O[C@@H]3CO2)OC1. The minimum atomic E-state index is -0.481. The van der Waals surface area contributed by atoms with Gasteiger partial charge in [-0.25, -0.2) is 0 Å². The van der Waals surface area contributed by atoms with E-state index in [1.807, 2.05) is 13.8 Å². The van der Waals surface area contributed by atoms with Crippen LogP contribution in [0.15, 0.2) is 0 Å². The van der Waals surface area contributed by atoms with E-state index in [1.54, 1.807) is 0 Å². The van der Waals surface area contributed by atoms with E-state index in [9.17, 15) is 0 Å². The molecule has 0 bridgehead atoms. The van der Waals surface area contributed by atoms with Gasteiger partial charge in [-0.15, -0.1) is 0 Å². The molecule has 0 aromatic carbocycles. The molecule has 0 radical (unpaired) electrons. The van der Waals surface area contributed by atoms with Crippen LogP contribution in [0.2, 0.25) is 0 Å². The summed E-state index contributed by atoms with van der Waals surface area (Å²) >= 11 is 0. The molecule has 4 heteroatoms. The first-order valence-corrected chi connectivity index (χ1v) is 7.15. The van der Waals surface area contributed by atoms with Crippen molar-refractivity contribution in [2.75, 3.05) is 13.2 Å². The monoisotopic (exact) mass is 256 g/mol. The van der Waals surface area contributed by atoms with Crippen LogP contribution in [0, 0.1) is 5.92 Å². The molecule has 1 spiro atoms. The van der Waals surface area contributed by atoms with E-state index in [2.05, 4.69) is 6.92 Å². The second-order valence-electron chi connectivity index (χ2n) is 6.26. The zero-order valence-corrected chi connectivity index (χ0v) is 11.6. The molecule has 0 unspecified atom stereocenters. The molecule has 18 heavy (non-hydrogen) atoms. The molecule has 3 fully saturated rings. The number of fused-ring (bicyclic) bond motifs is 1. The summed E-state index contributed by atoms with van der Waals surface area (Å²) in [4.78, 5) is 0. The Labute approximate surface area is 109 Å². The van der Waals surface area contributed by atoms with Crippen molar-refractivity contribution in [3.8, 4) is 0 Å². The smallest absolute Gasteiger partial charge is 0.171 e. The van der Waals surface area contributed by atoms with Crippen molar-refractivity contribution in [2.24, 2.45) is 5.92 Å². The maximum atomic E-state index is 6.03. The van der Waals surface area contributed by atoms with Crippen molar-refractivity contribution in [3.63, 3.8) is 0 Å². The highest BCUT2D eigenvalue weighted by atomic mass is 16.8. The molecular formula is C14H24O4. The van der Waals surface area contributed by atoms with Gasteiger partial charge in [-0.1, -0.05) is 13.3 Å². The summed E-state index contributed by atoms with van der Waals surface area (Å²) in [5.41, 5.74) is 0. The minimum absolute atomic E-state index is 0.0677. The van der Waals surface area contributed by atoms with E-state index in [-0.39, 0.29) is 12.2 Å². The average Bonchev–Trinajstić information content (AvgIpc) is 2.63. The first-order chi connectivity index (χ1) is 8.52. The number of ether oxygens (including phenoxy) is 4. The van der Waals surface area contributed by atoms with E-state index in [1.165, 1.54) is 12.8 Å². The van der Waals surface area contributed by atoms with Crippen molar-refractivity contribution in [3.05, 3.63) is 0 Å². The molecule has 4 atom stereocenters. The van der Waals surface area contributed by atoms with Crippen LogP contribution in [-0.4, -0.2) is 37.0 Å². The Hall–Kier alpha value is -0.160. The van der Waals surface area contributed by atoms with Crippen LogP contribution < -0.4 is 0 Å². The van der Waals surface area contributed by atoms with Crippen molar-refractivity contribution in [1.29, 1.82) is 0 Å². The van der Waals surface area contributed by atoms with Gasteiger partial charge in [0.15, 0.2) is 11.6 Å². The fraction of sp³-hybridized carbons (Fsp3) is 1.00. The lowest BCUT2D eigenvalue weighted by atomic mass is 9.89. The molecule has 0 aliphatic carbocycles. The molecular weight excluding hydrogens is 232 g/mol. The third kappa shape index (κ3) is 2.31. The van der Waals surface area contributed by atoms with E-state index >= 15 is 0 Å². The van der Waals surface area contributed by atoms with Gasteiger partial charge in [-0.05, 0) is 26.2 Å². The Morgan fingerprint density at radius 1 is 1.06 bits per heavy atom. The van der Waals surface area contributed by atoms with E-state index in [4.69, 9.17) is 18.9 Å². The minimum Gasteiger partial charge on any atom is -0.350 e. The number of rotatable bonds is 1. The molecule has 0 aromatic heterocycles. The zero-order chi connectivity index (χ0) is 12.8. The molecule has 0 aromatic rings. The molecule has 3 aliphatic heterocycles. The molecule has 4 nitrogen and oxygen atoms in total. The Bertz CT molecular complexity index is 307. The summed E-state index contributed by atoms with van der Waals surface area (Å²) in [5, 5.41) is 0. The molecule has 3 heterocycles. The number of hydrogen-bond acceptors (Lipinski definition) is 4. The average molecular weight is 256 g/mol. The van der Waals surface area contributed by atoms with E-state index in [0.717, 1.165) is 19.4 Å². The lowest BCUT2D eigenvalue weighted by Gasteiger charge is -2.44. The summed E-state index contributed by atoms with van der Waals surface area (Å²) in [7, 11) is 0. The maximum Gasteiger partial charge on any atom is 0.171 e. The molecule has 3 saturated heterocycles. The van der Waals surface area contributed by atoms with Gasteiger partial charge >= 0.3 is 0 Å². The third-order valence-corrected chi connectivity index (χ3v) is 4.40. The van der Waals surface area contributed by atoms with Gasteiger partial charge in [0, 0.05) is 12.8 Å². The van der Waals surface area contributed by atoms with Crippen molar-refractivity contribution in [1.82, 2.24) is 0 Å². The van der Waals surface area contributed by atoms with Gasteiger partial charge in [0.1, 0.15) is 6.10 Å². The van der Waals surface area contributed by atoms with E-state index in [0.29, 0.717) is 12.5 Å². The zero-order valence-electron chi connectivity index (χ0n) is 11.6. The maximum absolute atomic E-state index is 6.03. The van der Waals surface area contributed by atoms with Gasteiger partial charge in [0.05, 0.1) is 19.3 Å². The quantitative estimate of drug-likeness (QED) is 0.722. The van der Waals surface area contributed by atoms with Crippen molar-refractivity contribution in [2.45, 2.75) is 70.2 Å². The first-order valence-electron chi connectivity index (χ1n) is 7.15. The highest BCUT2D eigenvalue weighted by Crippen LogP contribution is 2.43. The third-order valence-electron chi connectivity index (χ3n) is 4.40. The standard InChI is InChI=1S/C14H24O4/c1-4-10-5-6-14(15-8-10)7-11-12(9-16-14)18-13(2,3)17-11/h10-12H,4-9H2,1-3H3/t10-,11+,12-,14-/m1/s1. The number of hydrogen-bond donors (Lipinski definition) is 0. The van der Waals surface area contributed by atoms with Crippen LogP contribution in [0.5, 0.6) is 0 Å². The lowest BCUT2D eigenvalue weighted by Crippen LogP contribution is -2.52. The Morgan fingerprint density at radius 2 is 1.78 bits per heavy atom. The topological polar surface area (TPSA) is 36.9 Å². The van der Waals surface area contributed by atoms with Gasteiger partial charge in [-0.3, -0.25) is 0 Å². The van der Waals surface area contributed by atoms with Crippen LogP contribution in [-0.2, 0) is 18.9 Å². The summed E-state index contributed by atoms with van der Waals surface area (Å²) in [5.74, 6) is -0.198. The van der Waals surface area contributed by atoms with Crippen molar-refractivity contribution < 1.29 is 18.9 Å². The van der Waals surface area contributed by atoms with Crippen LogP contribution in [0.25, 0.3) is 0 Å². The largest absolute Gasteiger partial charge is 0.350 e. The van der Waals surface area contributed by atoms with Crippen LogP contribution in [0.4, 0.5) is 0 Å².